The summed E-state index contributed by atoms with van der Waals surface area (Å²) in [6.45, 7) is 1.69. The third-order valence-corrected chi connectivity index (χ3v) is 3.82. The maximum atomic E-state index is 13.2. The fourth-order valence-corrected chi connectivity index (χ4v) is 2.50. The molecule has 0 spiro atoms. The highest BCUT2D eigenvalue weighted by molar-refractivity contribution is 6.01. The van der Waals surface area contributed by atoms with Gasteiger partial charge in [-0.2, -0.15) is 0 Å². The van der Waals surface area contributed by atoms with Gasteiger partial charge in [0.15, 0.2) is 5.82 Å². The van der Waals surface area contributed by atoms with Crippen molar-refractivity contribution in [3.63, 3.8) is 0 Å². The number of rotatable bonds is 7. The second kappa shape index (κ2) is 9.36. The average molecular weight is 395 g/mol. The first kappa shape index (κ1) is 19.9. The van der Waals surface area contributed by atoms with Crippen LogP contribution in [0.1, 0.15) is 28.7 Å². The van der Waals surface area contributed by atoms with E-state index in [9.17, 15) is 14.0 Å². The summed E-state index contributed by atoms with van der Waals surface area (Å²) in [6, 6.07) is 14.3. The Morgan fingerprint density at radius 2 is 1.86 bits per heavy atom. The number of esters is 1. The van der Waals surface area contributed by atoms with Gasteiger partial charge >= 0.3 is 5.97 Å². The fourth-order valence-electron chi connectivity index (χ4n) is 2.50. The summed E-state index contributed by atoms with van der Waals surface area (Å²) in [5.41, 5.74) is 1.29. The number of aromatic nitrogens is 4. The molecule has 8 nitrogen and oxygen atoms in total. The van der Waals surface area contributed by atoms with Crippen molar-refractivity contribution in [3.05, 3.63) is 77.4 Å². The number of nitrogens with zero attached hydrogens (tertiary/aromatic N) is 4. The maximum absolute atomic E-state index is 13.2. The Morgan fingerprint density at radius 1 is 1.14 bits per heavy atom. The molecule has 3 aromatic rings. The minimum Gasteiger partial charge on any atom is -0.465 e. The van der Waals surface area contributed by atoms with E-state index in [1.54, 1.807) is 55.5 Å². The summed E-state index contributed by atoms with van der Waals surface area (Å²) in [6.07, 6.45) is 1.59. The second-order valence-corrected chi connectivity index (χ2v) is 5.89. The van der Waals surface area contributed by atoms with Gasteiger partial charge in [0.05, 0.1) is 12.3 Å². The van der Waals surface area contributed by atoms with Crippen molar-refractivity contribution in [2.75, 3.05) is 6.61 Å². The van der Waals surface area contributed by atoms with Crippen LogP contribution < -0.4 is 5.32 Å². The second-order valence-electron chi connectivity index (χ2n) is 5.89. The molecule has 3 rings (SSSR count). The molecule has 0 aliphatic rings. The topological polar surface area (TPSA) is 99.0 Å². The van der Waals surface area contributed by atoms with E-state index in [1.165, 1.54) is 16.8 Å². The van der Waals surface area contributed by atoms with Crippen molar-refractivity contribution in [3.8, 4) is 0 Å². The Balaban J connectivity index is 1.95. The highest BCUT2D eigenvalue weighted by atomic mass is 19.1. The van der Waals surface area contributed by atoms with Crippen molar-refractivity contribution >= 4 is 23.6 Å². The monoisotopic (exact) mass is 395 g/mol. The minimum atomic E-state index is -0.517. The van der Waals surface area contributed by atoms with Crippen molar-refractivity contribution in [1.29, 1.82) is 0 Å². The highest BCUT2D eigenvalue weighted by Crippen LogP contribution is 2.15. The number of carbonyl (C=O) groups is 2. The van der Waals surface area contributed by atoms with Crippen LogP contribution in [0.25, 0.3) is 11.8 Å². The van der Waals surface area contributed by atoms with E-state index in [0.29, 0.717) is 11.1 Å². The summed E-state index contributed by atoms with van der Waals surface area (Å²) in [4.78, 5) is 24.5. The zero-order chi connectivity index (χ0) is 20.6. The minimum absolute atomic E-state index is 0.159. The van der Waals surface area contributed by atoms with E-state index in [-0.39, 0.29) is 36.4 Å². The van der Waals surface area contributed by atoms with Crippen LogP contribution in [0.15, 0.2) is 54.6 Å². The Bertz CT molecular complexity index is 1020. The molecule has 9 heteroatoms. The lowest BCUT2D eigenvalue weighted by molar-refractivity contribution is -0.144. The lowest BCUT2D eigenvalue weighted by Gasteiger charge is -2.11. The molecule has 1 heterocycles. The van der Waals surface area contributed by atoms with E-state index in [4.69, 9.17) is 4.74 Å². The molecule has 2 aromatic carbocycles. The molecule has 0 saturated carbocycles. The number of nitrogens with one attached hydrogen (secondary N) is 1. The normalized spacial score (nSPS) is 11.2. The first-order chi connectivity index (χ1) is 14.1. The summed E-state index contributed by atoms with van der Waals surface area (Å²) < 4.78 is 19.4. The number of tetrazole rings is 1. The smallest absolute Gasteiger partial charge is 0.327 e. The van der Waals surface area contributed by atoms with Gasteiger partial charge in [-0.1, -0.05) is 30.3 Å². The molecule has 0 unspecified atom stereocenters. The van der Waals surface area contributed by atoms with Gasteiger partial charge in [0.2, 0.25) is 0 Å². The zero-order valence-corrected chi connectivity index (χ0v) is 15.6. The molecule has 148 valence electrons. The summed E-state index contributed by atoms with van der Waals surface area (Å²) in [5.74, 6) is -1.13. The van der Waals surface area contributed by atoms with Gasteiger partial charge in [0, 0.05) is 5.56 Å². The van der Waals surface area contributed by atoms with Gasteiger partial charge in [-0.25, -0.2) is 9.07 Å². The fraction of sp³-hybridized carbons (Fsp3) is 0.150. The Hall–Kier alpha value is -3.88. The van der Waals surface area contributed by atoms with Crippen LogP contribution in [-0.2, 0) is 16.1 Å². The quantitative estimate of drug-likeness (QED) is 0.617. The SMILES string of the molecule is CCOC(=O)Cn1nnnc1/C(=C/c1ccc(F)cc1)NC(=O)c1ccccc1. The third-order valence-electron chi connectivity index (χ3n) is 3.82. The summed E-state index contributed by atoms with van der Waals surface area (Å²) >= 11 is 0. The van der Waals surface area contributed by atoms with Crippen molar-refractivity contribution in [1.82, 2.24) is 25.5 Å². The first-order valence-corrected chi connectivity index (χ1v) is 8.82. The molecule has 29 heavy (non-hydrogen) atoms. The standard InChI is InChI=1S/C20H18FN5O3/c1-2-29-18(27)13-26-19(23-24-25-26)17(12-14-8-10-16(21)11-9-14)22-20(28)15-6-4-3-5-7-15/h3-12H,2,13H2,1H3,(H,22,28)/b17-12-. The van der Waals surface area contributed by atoms with Crippen LogP contribution in [-0.4, -0.2) is 38.7 Å². The number of carbonyl (C=O) groups excluding carboxylic acids is 2. The number of hydrogen-bond donors (Lipinski definition) is 1. The van der Waals surface area contributed by atoms with Gasteiger partial charge in [-0.15, -0.1) is 5.10 Å². The molecule has 0 bridgehead atoms. The molecule has 0 aliphatic heterocycles. The van der Waals surface area contributed by atoms with Gasteiger partial charge in [-0.3, -0.25) is 9.59 Å². The number of hydrogen-bond acceptors (Lipinski definition) is 6. The van der Waals surface area contributed by atoms with E-state index in [1.807, 2.05) is 0 Å². The first-order valence-electron chi connectivity index (χ1n) is 8.82. The molecule has 1 N–H and O–H groups in total. The van der Waals surface area contributed by atoms with Crippen molar-refractivity contribution < 1.29 is 18.7 Å². The molecular weight excluding hydrogens is 377 g/mol. The van der Waals surface area contributed by atoms with Crippen molar-refractivity contribution in [2.45, 2.75) is 13.5 Å². The number of halogens is 1. The predicted octanol–water partition coefficient (Wildman–Crippen LogP) is 2.30. The van der Waals surface area contributed by atoms with Gasteiger partial charge in [0.1, 0.15) is 12.4 Å². The van der Waals surface area contributed by atoms with Crippen LogP contribution >= 0.6 is 0 Å². The van der Waals surface area contributed by atoms with E-state index >= 15 is 0 Å². The molecule has 0 fully saturated rings. The molecule has 0 aliphatic carbocycles. The van der Waals surface area contributed by atoms with Crippen LogP contribution in [0.3, 0.4) is 0 Å². The lowest BCUT2D eigenvalue weighted by Crippen LogP contribution is -2.25. The molecule has 1 aromatic heterocycles. The van der Waals surface area contributed by atoms with Crippen LogP contribution in [0, 0.1) is 5.82 Å². The zero-order valence-electron chi connectivity index (χ0n) is 15.6. The Kier molecular flexibility index (Phi) is 6.41. The number of benzene rings is 2. The lowest BCUT2D eigenvalue weighted by atomic mass is 10.1. The predicted molar refractivity (Wildman–Crippen MR) is 103 cm³/mol. The molecule has 0 radical (unpaired) electrons. The largest absolute Gasteiger partial charge is 0.465 e. The third kappa shape index (κ3) is 5.32. The van der Waals surface area contributed by atoms with Crippen LogP contribution in [0.4, 0.5) is 4.39 Å². The van der Waals surface area contributed by atoms with Crippen molar-refractivity contribution in [2.24, 2.45) is 0 Å². The van der Waals surface area contributed by atoms with E-state index < -0.39 is 5.97 Å². The summed E-state index contributed by atoms with van der Waals surface area (Å²) in [7, 11) is 0. The Labute approximate surface area is 166 Å². The van der Waals surface area contributed by atoms with Gasteiger partial charge < -0.3 is 10.1 Å². The van der Waals surface area contributed by atoms with Gasteiger partial charge in [-0.05, 0) is 53.3 Å². The summed E-state index contributed by atoms with van der Waals surface area (Å²) in [5, 5.41) is 14.1. The Morgan fingerprint density at radius 3 is 2.55 bits per heavy atom. The molecule has 1 amide bonds. The van der Waals surface area contributed by atoms with Crippen LogP contribution in [0.2, 0.25) is 0 Å². The van der Waals surface area contributed by atoms with E-state index in [2.05, 4.69) is 20.8 Å². The van der Waals surface area contributed by atoms with Crippen LogP contribution in [0.5, 0.6) is 0 Å². The number of ether oxygens (including phenoxy) is 1. The molecular formula is C20H18FN5O3. The number of amides is 1. The van der Waals surface area contributed by atoms with E-state index in [0.717, 1.165) is 0 Å². The molecule has 0 atom stereocenters. The average Bonchev–Trinajstić information content (AvgIpc) is 3.18. The highest BCUT2D eigenvalue weighted by Gasteiger charge is 2.18. The molecule has 0 saturated heterocycles. The van der Waals surface area contributed by atoms with Gasteiger partial charge in [0.25, 0.3) is 5.91 Å². The maximum Gasteiger partial charge on any atom is 0.327 e.